The van der Waals surface area contributed by atoms with Gasteiger partial charge in [0.15, 0.2) is 0 Å². The van der Waals surface area contributed by atoms with Gasteiger partial charge in [0, 0.05) is 24.6 Å². The fraction of sp³-hybridized carbons (Fsp3) is 0.636. The molecule has 2 rings (SSSR count). The van der Waals surface area contributed by atoms with Crippen molar-refractivity contribution in [1.29, 1.82) is 0 Å². The molecule has 0 aromatic heterocycles. The van der Waals surface area contributed by atoms with Gasteiger partial charge in [0.25, 0.3) is 5.91 Å². The van der Waals surface area contributed by atoms with Crippen LogP contribution in [0.25, 0.3) is 0 Å². The zero-order valence-electron chi connectivity index (χ0n) is 17.0. The van der Waals surface area contributed by atoms with E-state index in [9.17, 15) is 9.59 Å². The maximum atomic E-state index is 13.2. The highest BCUT2D eigenvalue weighted by atomic mass is 16.2. The average molecular weight is 359 g/mol. The first-order valence-electron chi connectivity index (χ1n) is 9.90. The molecule has 1 aliphatic rings. The Labute approximate surface area is 158 Å². The monoisotopic (exact) mass is 358 g/mol. The van der Waals surface area contributed by atoms with Gasteiger partial charge in [0.1, 0.15) is 6.17 Å². The predicted octanol–water partition coefficient (Wildman–Crippen LogP) is 4.56. The van der Waals surface area contributed by atoms with Crippen LogP contribution in [0.4, 0.5) is 0 Å². The van der Waals surface area contributed by atoms with Gasteiger partial charge in [-0.25, -0.2) is 0 Å². The number of hydrogen-bond acceptors (Lipinski definition) is 2. The van der Waals surface area contributed by atoms with E-state index in [1.54, 1.807) is 4.90 Å². The molecule has 1 saturated heterocycles. The van der Waals surface area contributed by atoms with Crippen LogP contribution in [0.2, 0.25) is 0 Å². The van der Waals surface area contributed by atoms with Crippen molar-refractivity contribution < 1.29 is 9.59 Å². The summed E-state index contributed by atoms with van der Waals surface area (Å²) in [4.78, 5) is 29.9. The third-order valence-electron chi connectivity index (χ3n) is 5.24. The Bertz CT molecular complexity index is 606. The maximum Gasteiger partial charge on any atom is 0.255 e. The molecule has 0 bridgehead atoms. The van der Waals surface area contributed by atoms with Crippen LogP contribution in [-0.2, 0) is 4.79 Å². The molecule has 4 heteroatoms. The quantitative estimate of drug-likeness (QED) is 0.700. The number of unbranched alkanes of at least 4 members (excludes halogenated alkanes) is 3. The number of nitrogens with zero attached hydrogens (tertiary/aromatic N) is 2. The predicted molar refractivity (Wildman–Crippen MR) is 106 cm³/mol. The minimum atomic E-state index is -0.227. The van der Waals surface area contributed by atoms with Crippen LogP contribution in [-0.4, -0.2) is 41.4 Å². The Morgan fingerprint density at radius 2 is 1.77 bits per heavy atom. The van der Waals surface area contributed by atoms with E-state index in [-0.39, 0.29) is 29.3 Å². The second kappa shape index (κ2) is 8.70. The second-order valence-corrected chi connectivity index (χ2v) is 8.56. The SMILES string of the molecule is CCCCCC[C@@H]1CN(C(=O)c2ccccc2)[C@@H](C(C)(C)C)N(C)C1=O. The minimum absolute atomic E-state index is 0.0171. The van der Waals surface area contributed by atoms with Crippen LogP contribution in [0, 0.1) is 11.3 Å². The standard InChI is InChI=1S/C22H34N2O2/c1-6-7-8-10-15-18-16-24(20(26)17-13-11-9-12-14-17)21(22(2,3)4)23(5)19(18)25/h9,11-14,18,21H,6-8,10,15-16H2,1-5H3/t18-,21+/m1/s1. The van der Waals surface area contributed by atoms with Gasteiger partial charge in [-0.15, -0.1) is 0 Å². The summed E-state index contributed by atoms with van der Waals surface area (Å²) in [6.45, 7) is 8.98. The van der Waals surface area contributed by atoms with Crippen LogP contribution >= 0.6 is 0 Å². The molecule has 144 valence electrons. The first kappa shape index (κ1) is 20.5. The van der Waals surface area contributed by atoms with Crippen molar-refractivity contribution in [2.24, 2.45) is 11.3 Å². The minimum Gasteiger partial charge on any atom is -0.324 e. The van der Waals surface area contributed by atoms with Crippen LogP contribution in [0.3, 0.4) is 0 Å². The van der Waals surface area contributed by atoms with Gasteiger partial charge < -0.3 is 9.80 Å². The van der Waals surface area contributed by atoms with Gasteiger partial charge in [-0.2, -0.15) is 0 Å². The highest BCUT2D eigenvalue weighted by molar-refractivity contribution is 5.95. The summed E-state index contributed by atoms with van der Waals surface area (Å²) in [6, 6.07) is 9.41. The molecule has 1 fully saturated rings. The van der Waals surface area contributed by atoms with E-state index in [4.69, 9.17) is 0 Å². The summed E-state index contributed by atoms with van der Waals surface area (Å²) < 4.78 is 0. The number of rotatable bonds is 6. The van der Waals surface area contributed by atoms with Gasteiger partial charge in [0.2, 0.25) is 5.91 Å². The molecule has 1 aliphatic heterocycles. The van der Waals surface area contributed by atoms with Crippen LogP contribution < -0.4 is 0 Å². The molecule has 1 heterocycles. The fourth-order valence-corrected chi connectivity index (χ4v) is 4.05. The lowest BCUT2D eigenvalue weighted by atomic mass is 9.85. The van der Waals surface area contributed by atoms with E-state index in [2.05, 4.69) is 27.7 Å². The Balaban J connectivity index is 2.24. The number of carbonyl (C=O) groups excluding carboxylic acids is 2. The number of hydrogen-bond donors (Lipinski definition) is 0. The van der Waals surface area contributed by atoms with Gasteiger partial charge in [-0.05, 0) is 18.6 Å². The molecule has 0 saturated carbocycles. The van der Waals surface area contributed by atoms with Gasteiger partial charge in [-0.3, -0.25) is 9.59 Å². The first-order valence-corrected chi connectivity index (χ1v) is 9.90. The highest BCUT2D eigenvalue weighted by Gasteiger charge is 2.45. The molecule has 0 unspecified atom stereocenters. The number of benzene rings is 1. The van der Waals surface area contributed by atoms with Crippen LogP contribution in [0.15, 0.2) is 30.3 Å². The van der Waals surface area contributed by atoms with Crippen molar-refractivity contribution >= 4 is 11.8 Å². The Morgan fingerprint density at radius 3 is 2.35 bits per heavy atom. The molecule has 1 aromatic carbocycles. The first-order chi connectivity index (χ1) is 12.3. The number of carbonyl (C=O) groups is 2. The Hall–Kier alpha value is -1.84. The van der Waals surface area contributed by atoms with Crippen LogP contribution in [0.1, 0.15) is 70.2 Å². The average Bonchev–Trinajstić information content (AvgIpc) is 2.60. The number of amides is 2. The molecule has 4 nitrogen and oxygen atoms in total. The Morgan fingerprint density at radius 1 is 1.12 bits per heavy atom. The van der Waals surface area contributed by atoms with Crippen LogP contribution in [0.5, 0.6) is 0 Å². The summed E-state index contributed by atoms with van der Waals surface area (Å²) in [5.74, 6) is 0.102. The molecule has 0 aliphatic carbocycles. The lowest BCUT2D eigenvalue weighted by Gasteiger charge is -2.50. The van der Waals surface area contributed by atoms with Crippen molar-refractivity contribution in [1.82, 2.24) is 9.80 Å². The van der Waals surface area contributed by atoms with Crippen molar-refractivity contribution in [2.45, 2.75) is 66.0 Å². The normalized spacial score (nSPS) is 21.2. The van der Waals surface area contributed by atoms with Gasteiger partial charge >= 0.3 is 0 Å². The third-order valence-corrected chi connectivity index (χ3v) is 5.24. The summed E-state index contributed by atoms with van der Waals surface area (Å²) in [5.41, 5.74) is 0.483. The van der Waals surface area contributed by atoms with Crippen molar-refractivity contribution in [2.75, 3.05) is 13.6 Å². The van der Waals surface area contributed by atoms with Crippen molar-refractivity contribution in [3.63, 3.8) is 0 Å². The molecule has 0 spiro atoms. The molecule has 0 N–H and O–H groups in total. The molecule has 1 aromatic rings. The van der Waals surface area contributed by atoms with E-state index in [0.29, 0.717) is 12.1 Å². The molecular weight excluding hydrogens is 324 g/mol. The summed E-state index contributed by atoms with van der Waals surface area (Å²) in [7, 11) is 1.85. The van der Waals surface area contributed by atoms with Crippen molar-refractivity contribution in [3.8, 4) is 0 Å². The molecule has 2 atom stereocenters. The summed E-state index contributed by atoms with van der Waals surface area (Å²) in [6.07, 6.45) is 5.22. The molecule has 26 heavy (non-hydrogen) atoms. The van der Waals surface area contributed by atoms with Gasteiger partial charge in [0.05, 0.1) is 5.92 Å². The summed E-state index contributed by atoms with van der Waals surface area (Å²) in [5, 5.41) is 0. The lowest BCUT2D eigenvalue weighted by Crippen LogP contribution is -2.64. The zero-order chi connectivity index (χ0) is 19.3. The highest BCUT2D eigenvalue weighted by Crippen LogP contribution is 2.34. The lowest BCUT2D eigenvalue weighted by molar-refractivity contribution is -0.152. The van der Waals surface area contributed by atoms with E-state index in [1.807, 2.05) is 42.3 Å². The van der Waals surface area contributed by atoms with E-state index < -0.39 is 0 Å². The van der Waals surface area contributed by atoms with E-state index >= 15 is 0 Å². The largest absolute Gasteiger partial charge is 0.324 e. The smallest absolute Gasteiger partial charge is 0.255 e. The van der Waals surface area contributed by atoms with E-state index in [1.165, 1.54) is 12.8 Å². The topological polar surface area (TPSA) is 40.6 Å². The molecule has 2 amide bonds. The van der Waals surface area contributed by atoms with E-state index in [0.717, 1.165) is 19.3 Å². The maximum absolute atomic E-state index is 13.2. The molecular formula is C22H34N2O2. The zero-order valence-corrected chi connectivity index (χ0v) is 17.0. The summed E-state index contributed by atoms with van der Waals surface area (Å²) >= 11 is 0. The van der Waals surface area contributed by atoms with Crippen molar-refractivity contribution in [3.05, 3.63) is 35.9 Å². The molecule has 0 radical (unpaired) electrons. The Kier molecular flexibility index (Phi) is 6.85. The second-order valence-electron chi connectivity index (χ2n) is 8.56. The third kappa shape index (κ3) is 4.66. The fourth-order valence-electron chi connectivity index (χ4n) is 4.05. The van der Waals surface area contributed by atoms with Gasteiger partial charge in [-0.1, -0.05) is 71.6 Å².